The second-order valence-electron chi connectivity index (χ2n) is 5.41. The van der Waals surface area contributed by atoms with Gasteiger partial charge in [0.25, 0.3) is 0 Å². The van der Waals surface area contributed by atoms with Crippen molar-refractivity contribution in [3.63, 3.8) is 0 Å². The lowest BCUT2D eigenvalue weighted by atomic mass is 10.3. The van der Waals surface area contributed by atoms with E-state index < -0.39 is 15.3 Å². The smallest absolute Gasteiger partial charge is 0.237 e. The van der Waals surface area contributed by atoms with Crippen LogP contribution in [0, 0.1) is 0 Å². The Morgan fingerprint density at radius 3 is 2.35 bits per heavy atom. The highest BCUT2D eigenvalue weighted by Crippen LogP contribution is 2.33. The largest absolute Gasteiger partial charge is 0.325 e. The second-order valence-corrected chi connectivity index (χ2v) is 9.64. The van der Waals surface area contributed by atoms with Crippen molar-refractivity contribution in [3.05, 3.63) is 52.5 Å². The van der Waals surface area contributed by atoms with Gasteiger partial charge in [0.1, 0.15) is 0 Å². The van der Waals surface area contributed by atoms with E-state index >= 15 is 0 Å². The van der Waals surface area contributed by atoms with E-state index in [1.54, 1.807) is 56.3 Å². The van der Waals surface area contributed by atoms with Crippen LogP contribution in [-0.2, 0) is 14.8 Å². The van der Waals surface area contributed by atoms with E-state index in [4.69, 9.17) is 23.2 Å². The van der Waals surface area contributed by atoms with Gasteiger partial charge in [0.05, 0.1) is 16.0 Å². The third kappa shape index (κ3) is 6.09. The quantitative estimate of drug-likeness (QED) is 0.611. The molecule has 140 valence electrons. The number of rotatable bonds is 7. The Bertz CT molecular complexity index is 887. The number of hydrogen-bond donors (Lipinski definition) is 2. The van der Waals surface area contributed by atoms with Gasteiger partial charge in [0.15, 0.2) is 0 Å². The van der Waals surface area contributed by atoms with Crippen LogP contribution < -0.4 is 10.0 Å². The Morgan fingerprint density at radius 1 is 1.12 bits per heavy atom. The average molecular weight is 433 g/mol. The van der Waals surface area contributed by atoms with Crippen molar-refractivity contribution in [1.82, 2.24) is 0 Å². The van der Waals surface area contributed by atoms with Crippen molar-refractivity contribution in [2.75, 3.05) is 15.8 Å². The van der Waals surface area contributed by atoms with Crippen LogP contribution >= 0.6 is 35.0 Å². The van der Waals surface area contributed by atoms with E-state index in [9.17, 15) is 13.2 Å². The van der Waals surface area contributed by atoms with Crippen LogP contribution in [0.25, 0.3) is 0 Å². The molecule has 0 fully saturated rings. The molecule has 2 N–H and O–H groups in total. The van der Waals surface area contributed by atoms with Gasteiger partial charge in [0, 0.05) is 21.3 Å². The van der Waals surface area contributed by atoms with Crippen molar-refractivity contribution >= 4 is 62.3 Å². The zero-order valence-corrected chi connectivity index (χ0v) is 17.3. The molecule has 0 heterocycles. The van der Waals surface area contributed by atoms with E-state index in [1.165, 1.54) is 11.8 Å². The number of hydrogen-bond acceptors (Lipinski definition) is 4. The highest BCUT2D eigenvalue weighted by atomic mass is 35.5. The van der Waals surface area contributed by atoms with Crippen LogP contribution in [0.3, 0.4) is 0 Å². The molecule has 1 atom stereocenters. The molecule has 2 aromatic rings. The standard InChI is InChI=1S/C17H18Cl2N2O3S2/c1-3-26(23,24)21-14-7-5-13(6-8-14)20-17(22)11(2)25-16-10-12(18)4-9-15(16)19/h4-11,21H,3H2,1-2H3,(H,20,22). The number of anilines is 2. The Kier molecular flexibility index (Phi) is 7.23. The van der Waals surface area contributed by atoms with Crippen molar-refractivity contribution in [2.45, 2.75) is 24.0 Å². The summed E-state index contributed by atoms with van der Waals surface area (Å²) in [6.45, 7) is 3.32. The molecular weight excluding hydrogens is 415 g/mol. The summed E-state index contributed by atoms with van der Waals surface area (Å²) in [6.07, 6.45) is 0. The maximum atomic E-state index is 12.4. The summed E-state index contributed by atoms with van der Waals surface area (Å²) in [5.41, 5.74) is 1.01. The normalized spacial score (nSPS) is 12.5. The molecule has 5 nitrogen and oxygen atoms in total. The second kappa shape index (κ2) is 8.99. The SMILES string of the molecule is CCS(=O)(=O)Nc1ccc(NC(=O)C(C)Sc2cc(Cl)ccc2Cl)cc1. The van der Waals surface area contributed by atoms with E-state index in [2.05, 4.69) is 10.0 Å². The van der Waals surface area contributed by atoms with Gasteiger partial charge in [-0.2, -0.15) is 0 Å². The van der Waals surface area contributed by atoms with Crippen molar-refractivity contribution in [3.8, 4) is 0 Å². The van der Waals surface area contributed by atoms with Crippen LogP contribution in [0.5, 0.6) is 0 Å². The molecule has 0 saturated carbocycles. The molecule has 0 radical (unpaired) electrons. The molecule has 1 amide bonds. The van der Waals surface area contributed by atoms with E-state index in [0.29, 0.717) is 21.4 Å². The van der Waals surface area contributed by atoms with Gasteiger partial charge >= 0.3 is 0 Å². The van der Waals surface area contributed by atoms with Crippen molar-refractivity contribution in [1.29, 1.82) is 0 Å². The first-order chi connectivity index (χ1) is 12.2. The maximum Gasteiger partial charge on any atom is 0.237 e. The minimum absolute atomic E-state index is 0.00765. The summed E-state index contributed by atoms with van der Waals surface area (Å²) in [4.78, 5) is 13.1. The van der Waals surface area contributed by atoms with Gasteiger partial charge in [-0.25, -0.2) is 8.42 Å². The molecule has 0 aliphatic carbocycles. The van der Waals surface area contributed by atoms with Crippen molar-refractivity contribution < 1.29 is 13.2 Å². The van der Waals surface area contributed by atoms with E-state index in [0.717, 1.165) is 4.90 Å². The summed E-state index contributed by atoms with van der Waals surface area (Å²) in [7, 11) is -3.33. The average Bonchev–Trinajstić information content (AvgIpc) is 2.59. The van der Waals surface area contributed by atoms with Gasteiger partial charge in [-0.05, 0) is 56.3 Å². The molecule has 0 saturated heterocycles. The molecule has 0 aromatic heterocycles. The Hall–Kier alpha value is -1.41. The topological polar surface area (TPSA) is 75.3 Å². The lowest BCUT2D eigenvalue weighted by Gasteiger charge is -2.13. The molecular formula is C17H18Cl2N2O3S2. The van der Waals surface area contributed by atoms with E-state index in [-0.39, 0.29) is 11.7 Å². The van der Waals surface area contributed by atoms with E-state index in [1.807, 2.05) is 0 Å². The number of thioether (sulfide) groups is 1. The number of benzene rings is 2. The summed E-state index contributed by atoms with van der Waals surface area (Å²) >= 11 is 13.4. The van der Waals surface area contributed by atoms with Gasteiger partial charge in [-0.15, -0.1) is 11.8 Å². The summed E-state index contributed by atoms with van der Waals surface area (Å²) < 4.78 is 25.5. The zero-order valence-electron chi connectivity index (χ0n) is 14.1. The molecule has 0 aliphatic rings. The number of amides is 1. The fourth-order valence-corrected chi connectivity index (χ4v) is 3.98. The monoisotopic (exact) mass is 432 g/mol. The van der Waals surface area contributed by atoms with Crippen LogP contribution in [-0.4, -0.2) is 25.3 Å². The van der Waals surface area contributed by atoms with Crippen LogP contribution in [0.4, 0.5) is 11.4 Å². The molecule has 2 aromatic carbocycles. The van der Waals surface area contributed by atoms with Crippen LogP contribution in [0.2, 0.25) is 10.0 Å². The number of halogens is 2. The zero-order chi connectivity index (χ0) is 19.3. The molecule has 9 heteroatoms. The summed E-state index contributed by atoms with van der Waals surface area (Å²) in [5, 5.41) is 3.47. The van der Waals surface area contributed by atoms with Crippen LogP contribution in [0.1, 0.15) is 13.8 Å². The predicted octanol–water partition coefficient (Wildman–Crippen LogP) is 4.87. The minimum Gasteiger partial charge on any atom is -0.325 e. The number of carbonyl (C=O) groups is 1. The first-order valence-electron chi connectivity index (χ1n) is 7.73. The third-order valence-electron chi connectivity index (χ3n) is 3.37. The first-order valence-corrected chi connectivity index (χ1v) is 11.0. The molecule has 2 rings (SSSR count). The lowest BCUT2D eigenvalue weighted by Crippen LogP contribution is -2.22. The van der Waals surface area contributed by atoms with Crippen LogP contribution in [0.15, 0.2) is 47.4 Å². The third-order valence-corrected chi connectivity index (χ3v) is 6.51. The number of carbonyl (C=O) groups excluding carboxylic acids is 1. The van der Waals surface area contributed by atoms with Gasteiger partial charge < -0.3 is 5.32 Å². The predicted molar refractivity (Wildman–Crippen MR) is 110 cm³/mol. The molecule has 0 spiro atoms. The highest BCUT2D eigenvalue weighted by molar-refractivity contribution is 8.00. The molecule has 26 heavy (non-hydrogen) atoms. The Morgan fingerprint density at radius 2 is 1.73 bits per heavy atom. The van der Waals surface area contributed by atoms with Gasteiger partial charge in [-0.3, -0.25) is 9.52 Å². The number of sulfonamides is 1. The molecule has 1 unspecified atom stereocenters. The van der Waals surface area contributed by atoms with Crippen molar-refractivity contribution in [2.24, 2.45) is 0 Å². The maximum absolute atomic E-state index is 12.4. The lowest BCUT2D eigenvalue weighted by molar-refractivity contribution is -0.115. The Labute approximate surface area is 167 Å². The highest BCUT2D eigenvalue weighted by Gasteiger charge is 2.16. The minimum atomic E-state index is -3.33. The first kappa shape index (κ1) is 20.9. The Balaban J connectivity index is 1.99. The number of nitrogens with one attached hydrogen (secondary N) is 2. The fourth-order valence-electron chi connectivity index (χ4n) is 1.93. The molecule has 0 bridgehead atoms. The molecule has 0 aliphatic heterocycles. The van der Waals surface area contributed by atoms with Gasteiger partial charge in [0.2, 0.25) is 15.9 Å². The summed E-state index contributed by atoms with van der Waals surface area (Å²) in [6, 6.07) is 11.5. The summed E-state index contributed by atoms with van der Waals surface area (Å²) in [5.74, 6) is -0.209. The van der Waals surface area contributed by atoms with Gasteiger partial charge in [-0.1, -0.05) is 23.2 Å². The fraction of sp³-hybridized carbons (Fsp3) is 0.235.